The molecule has 6 heteroatoms. The molecule has 2 heterocycles. The molecule has 19 heavy (non-hydrogen) atoms. The van der Waals surface area contributed by atoms with Gasteiger partial charge in [-0.1, -0.05) is 0 Å². The number of amides is 1. The van der Waals surface area contributed by atoms with Gasteiger partial charge in [0.2, 0.25) is 0 Å². The zero-order valence-corrected chi connectivity index (χ0v) is 10.8. The summed E-state index contributed by atoms with van der Waals surface area (Å²) in [5, 5.41) is 5.77. The van der Waals surface area contributed by atoms with E-state index < -0.39 is 0 Å². The van der Waals surface area contributed by atoms with E-state index in [1.54, 1.807) is 24.5 Å². The molecule has 2 aromatic heterocycles. The minimum atomic E-state index is -0.294. The summed E-state index contributed by atoms with van der Waals surface area (Å²) >= 11 is 0. The average molecular weight is 257 g/mol. The molecule has 0 bridgehead atoms. The Morgan fingerprint density at radius 3 is 2.95 bits per heavy atom. The summed E-state index contributed by atoms with van der Waals surface area (Å²) in [6, 6.07) is 3.52. The first-order chi connectivity index (χ1) is 9.19. The van der Waals surface area contributed by atoms with Crippen molar-refractivity contribution in [1.82, 2.24) is 15.0 Å². The van der Waals surface area contributed by atoms with Crippen molar-refractivity contribution in [2.24, 2.45) is 0 Å². The Bertz CT molecular complexity index is 585. The summed E-state index contributed by atoms with van der Waals surface area (Å²) in [7, 11) is 0. The van der Waals surface area contributed by atoms with Crippen molar-refractivity contribution in [2.45, 2.75) is 13.8 Å². The van der Waals surface area contributed by atoms with Crippen LogP contribution < -0.4 is 10.6 Å². The largest absolute Gasteiger partial charge is 0.369 e. The standard InChI is InChI=1S/C13H15N5O/c1-3-15-12-8-14-7-11(18-12)13(19)17-10-4-5-16-9(2)6-10/h4-8H,3H2,1-2H3,(H,15,18)(H,16,17,19). The van der Waals surface area contributed by atoms with Crippen molar-refractivity contribution >= 4 is 17.4 Å². The number of nitrogens with zero attached hydrogens (tertiary/aromatic N) is 3. The molecule has 0 atom stereocenters. The molecule has 2 N–H and O–H groups in total. The van der Waals surface area contributed by atoms with Crippen LogP contribution in [0, 0.1) is 6.92 Å². The Morgan fingerprint density at radius 2 is 2.21 bits per heavy atom. The fourth-order valence-corrected chi connectivity index (χ4v) is 1.56. The molecule has 0 spiro atoms. The van der Waals surface area contributed by atoms with Gasteiger partial charge in [0.25, 0.3) is 5.91 Å². The van der Waals surface area contributed by atoms with Crippen LogP contribution in [0.2, 0.25) is 0 Å². The first kappa shape index (κ1) is 12.9. The summed E-state index contributed by atoms with van der Waals surface area (Å²) in [6.45, 7) is 4.54. The van der Waals surface area contributed by atoms with Crippen molar-refractivity contribution < 1.29 is 4.79 Å². The van der Waals surface area contributed by atoms with E-state index in [1.165, 1.54) is 6.20 Å². The van der Waals surface area contributed by atoms with Crippen LogP contribution in [-0.2, 0) is 0 Å². The van der Waals surface area contributed by atoms with Crippen molar-refractivity contribution in [3.05, 3.63) is 42.1 Å². The summed E-state index contributed by atoms with van der Waals surface area (Å²) in [6.07, 6.45) is 4.66. The zero-order valence-electron chi connectivity index (χ0n) is 10.8. The molecule has 0 unspecified atom stereocenters. The predicted octanol–water partition coefficient (Wildman–Crippen LogP) is 1.86. The molecule has 0 saturated heterocycles. The third kappa shape index (κ3) is 3.48. The van der Waals surface area contributed by atoms with Crippen LogP contribution in [0.25, 0.3) is 0 Å². The van der Waals surface area contributed by atoms with Gasteiger partial charge < -0.3 is 10.6 Å². The molecule has 6 nitrogen and oxygen atoms in total. The maximum atomic E-state index is 12.0. The number of pyridine rings is 1. The van der Waals surface area contributed by atoms with E-state index in [1.807, 2.05) is 13.8 Å². The number of hydrogen-bond acceptors (Lipinski definition) is 5. The van der Waals surface area contributed by atoms with Crippen molar-refractivity contribution in [1.29, 1.82) is 0 Å². The number of aromatic nitrogens is 3. The number of carbonyl (C=O) groups excluding carboxylic acids is 1. The molecule has 2 aromatic rings. The van der Waals surface area contributed by atoms with Gasteiger partial charge in [0.1, 0.15) is 11.5 Å². The van der Waals surface area contributed by atoms with Crippen LogP contribution in [0.15, 0.2) is 30.7 Å². The van der Waals surface area contributed by atoms with Crippen molar-refractivity contribution in [3.8, 4) is 0 Å². The minimum Gasteiger partial charge on any atom is -0.369 e. The number of nitrogens with one attached hydrogen (secondary N) is 2. The van der Waals surface area contributed by atoms with Crippen molar-refractivity contribution in [2.75, 3.05) is 17.2 Å². The average Bonchev–Trinajstić information content (AvgIpc) is 2.39. The lowest BCUT2D eigenvalue weighted by molar-refractivity contribution is 0.102. The van der Waals surface area contributed by atoms with Gasteiger partial charge in [-0.25, -0.2) is 4.98 Å². The van der Waals surface area contributed by atoms with Gasteiger partial charge in [-0.3, -0.25) is 14.8 Å². The van der Waals surface area contributed by atoms with Gasteiger partial charge in [-0.05, 0) is 26.0 Å². The van der Waals surface area contributed by atoms with E-state index in [0.29, 0.717) is 11.5 Å². The highest BCUT2D eigenvalue weighted by atomic mass is 16.1. The molecular formula is C13H15N5O. The summed E-state index contributed by atoms with van der Waals surface area (Å²) in [4.78, 5) is 24.3. The summed E-state index contributed by atoms with van der Waals surface area (Å²) in [5.74, 6) is 0.291. The number of rotatable bonds is 4. The first-order valence-electron chi connectivity index (χ1n) is 5.99. The molecule has 1 amide bonds. The second kappa shape index (κ2) is 5.90. The zero-order chi connectivity index (χ0) is 13.7. The third-order valence-corrected chi connectivity index (χ3v) is 2.38. The fourth-order valence-electron chi connectivity index (χ4n) is 1.56. The number of hydrogen-bond donors (Lipinski definition) is 2. The van der Waals surface area contributed by atoms with Crippen LogP contribution in [-0.4, -0.2) is 27.4 Å². The highest BCUT2D eigenvalue weighted by molar-refractivity contribution is 6.02. The highest BCUT2D eigenvalue weighted by Gasteiger charge is 2.09. The Kier molecular flexibility index (Phi) is 4.02. The quantitative estimate of drug-likeness (QED) is 0.874. The van der Waals surface area contributed by atoms with E-state index in [4.69, 9.17) is 0 Å². The van der Waals surface area contributed by atoms with Crippen LogP contribution in [0.4, 0.5) is 11.5 Å². The molecule has 0 aliphatic heterocycles. The van der Waals surface area contributed by atoms with E-state index in [9.17, 15) is 4.79 Å². The fraction of sp³-hybridized carbons (Fsp3) is 0.231. The lowest BCUT2D eigenvalue weighted by Gasteiger charge is -2.06. The van der Waals surface area contributed by atoms with E-state index in [-0.39, 0.29) is 11.6 Å². The summed E-state index contributed by atoms with van der Waals surface area (Å²) in [5.41, 5.74) is 1.80. The van der Waals surface area contributed by atoms with Crippen LogP contribution in [0.5, 0.6) is 0 Å². The van der Waals surface area contributed by atoms with Gasteiger partial charge in [0, 0.05) is 24.1 Å². The smallest absolute Gasteiger partial charge is 0.275 e. The molecule has 0 aliphatic carbocycles. The number of aryl methyl sites for hydroxylation is 1. The minimum absolute atomic E-state index is 0.271. The topological polar surface area (TPSA) is 79.8 Å². The molecule has 2 rings (SSSR count). The monoisotopic (exact) mass is 257 g/mol. The Balaban J connectivity index is 2.13. The second-order valence-corrected chi connectivity index (χ2v) is 3.96. The molecule has 98 valence electrons. The predicted molar refractivity (Wildman–Crippen MR) is 73.1 cm³/mol. The third-order valence-electron chi connectivity index (χ3n) is 2.38. The normalized spacial score (nSPS) is 10.0. The molecule has 0 aromatic carbocycles. The van der Waals surface area contributed by atoms with Gasteiger partial charge in [-0.15, -0.1) is 0 Å². The van der Waals surface area contributed by atoms with Crippen LogP contribution in [0.1, 0.15) is 23.1 Å². The number of carbonyl (C=O) groups is 1. The molecule has 0 saturated carbocycles. The van der Waals surface area contributed by atoms with Gasteiger partial charge in [0.15, 0.2) is 0 Å². The SMILES string of the molecule is CCNc1cncc(C(=O)Nc2ccnc(C)c2)n1. The molecule has 0 aliphatic rings. The molecule has 0 radical (unpaired) electrons. The second-order valence-electron chi connectivity index (χ2n) is 3.96. The Labute approximate surface area is 111 Å². The molecular weight excluding hydrogens is 242 g/mol. The summed E-state index contributed by atoms with van der Waals surface area (Å²) < 4.78 is 0. The van der Waals surface area contributed by atoms with E-state index in [2.05, 4.69) is 25.6 Å². The van der Waals surface area contributed by atoms with Gasteiger partial charge in [0.05, 0.1) is 12.4 Å². The lowest BCUT2D eigenvalue weighted by Crippen LogP contribution is -2.15. The van der Waals surface area contributed by atoms with Gasteiger partial charge in [-0.2, -0.15) is 0 Å². The highest BCUT2D eigenvalue weighted by Crippen LogP contribution is 2.09. The van der Waals surface area contributed by atoms with Gasteiger partial charge >= 0.3 is 0 Å². The van der Waals surface area contributed by atoms with E-state index >= 15 is 0 Å². The first-order valence-corrected chi connectivity index (χ1v) is 5.99. The van der Waals surface area contributed by atoms with Crippen LogP contribution in [0.3, 0.4) is 0 Å². The Hall–Kier alpha value is -2.50. The van der Waals surface area contributed by atoms with Crippen molar-refractivity contribution in [3.63, 3.8) is 0 Å². The lowest BCUT2D eigenvalue weighted by atomic mass is 10.3. The van der Waals surface area contributed by atoms with Crippen LogP contribution >= 0.6 is 0 Å². The van der Waals surface area contributed by atoms with E-state index in [0.717, 1.165) is 12.2 Å². The Morgan fingerprint density at radius 1 is 1.37 bits per heavy atom. The number of anilines is 2. The molecule has 0 fully saturated rings. The maximum Gasteiger partial charge on any atom is 0.275 e. The maximum absolute atomic E-state index is 12.0.